The van der Waals surface area contributed by atoms with Gasteiger partial charge in [-0.1, -0.05) is 15.9 Å². The van der Waals surface area contributed by atoms with Gasteiger partial charge >= 0.3 is 0 Å². The number of rotatable bonds is 4. The Morgan fingerprint density at radius 1 is 1.44 bits per heavy atom. The molecule has 2 aromatic rings. The second-order valence-corrected chi connectivity index (χ2v) is 7.30. The van der Waals surface area contributed by atoms with Crippen molar-refractivity contribution in [3.63, 3.8) is 0 Å². The van der Waals surface area contributed by atoms with Crippen LogP contribution < -0.4 is 11.3 Å². The Morgan fingerprint density at radius 3 is 2.88 bits per heavy atom. The normalized spacial score (nSPS) is 19.9. The molecule has 6 nitrogen and oxygen atoms in total. The van der Waals surface area contributed by atoms with Crippen LogP contribution >= 0.6 is 28.3 Å². The summed E-state index contributed by atoms with van der Waals surface area (Å²) in [5, 5.41) is 0.553. The number of benzene rings is 1. The molecule has 2 heterocycles. The van der Waals surface area contributed by atoms with E-state index < -0.39 is 0 Å². The van der Waals surface area contributed by atoms with E-state index in [9.17, 15) is 9.59 Å². The molecule has 0 spiro atoms. The van der Waals surface area contributed by atoms with Crippen molar-refractivity contribution in [3.05, 3.63) is 39.4 Å². The molecule has 0 aliphatic carbocycles. The van der Waals surface area contributed by atoms with E-state index in [1.54, 1.807) is 12.1 Å². The summed E-state index contributed by atoms with van der Waals surface area (Å²) in [5.41, 5.74) is 6.25. The van der Waals surface area contributed by atoms with Gasteiger partial charge in [0, 0.05) is 30.0 Å². The smallest absolute Gasteiger partial charge is 0.261 e. The molecule has 25 heavy (non-hydrogen) atoms. The van der Waals surface area contributed by atoms with Crippen molar-refractivity contribution in [1.29, 1.82) is 0 Å². The van der Waals surface area contributed by atoms with Crippen LogP contribution in [-0.4, -0.2) is 39.5 Å². The number of nitrogens with two attached hydrogens (primary N) is 1. The van der Waals surface area contributed by atoms with Crippen molar-refractivity contribution < 1.29 is 4.79 Å². The second kappa shape index (κ2) is 8.29. The maximum absolute atomic E-state index is 12.5. The lowest BCUT2D eigenvalue weighted by atomic mass is 10.1. The average molecular weight is 430 g/mol. The zero-order valence-electron chi connectivity index (χ0n) is 14.0. The quantitative estimate of drug-likeness (QED) is 0.807. The molecule has 1 saturated heterocycles. The molecule has 8 heteroatoms. The molecule has 3 rings (SSSR count). The molecule has 1 amide bonds. The zero-order chi connectivity index (χ0) is 17.3. The molecule has 1 fully saturated rings. The fraction of sp³-hybridized carbons (Fsp3) is 0.471. The van der Waals surface area contributed by atoms with Gasteiger partial charge in [-0.15, -0.1) is 12.4 Å². The van der Waals surface area contributed by atoms with Gasteiger partial charge in [0.1, 0.15) is 0 Å². The molecule has 136 valence electrons. The molecule has 0 bridgehead atoms. The summed E-state index contributed by atoms with van der Waals surface area (Å²) >= 11 is 3.37. The molecule has 1 aromatic heterocycles. The SMILES string of the molecule is CC1CC(CN)CN1C(=O)CCn1cnc2ccc(Br)cc2c1=O.Cl. The van der Waals surface area contributed by atoms with Gasteiger partial charge in [0.15, 0.2) is 0 Å². The minimum absolute atomic E-state index is 0. The molecule has 2 N–H and O–H groups in total. The van der Waals surface area contributed by atoms with E-state index in [-0.39, 0.29) is 29.9 Å². The van der Waals surface area contributed by atoms with E-state index in [1.165, 1.54) is 10.9 Å². The Hall–Kier alpha value is -1.44. The highest BCUT2D eigenvalue weighted by atomic mass is 79.9. The first kappa shape index (κ1) is 19.9. The molecule has 1 aromatic carbocycles. The Balaban J connectivity index is 0.00000225. The minimum atomic E-state index is -0.122. The Bertz CT molecular complexity index is 826. The number of aromatic nitrogens is 2. The van der Waals surface area contributed by atoms with Gasteiger partial charge in [-0.2, -0.15) is 0 Å². The molecular weight excluding hydrogens is 408 g/mol. The Morgan fingerprint density at radius 2 is 2.20 bits per heavy atom. The Kier molecular flexibility index (Phi) is 6.59. The first-order valence-electron chi connectivity index (χ1n) is 8.14. The number of amides is 1. The summed E-state index contributed by atoms with van der Waals surface area (Å²) in [4.78, 5) is 31.2. The van der Waals surface area contributed by atoms with Gasteiger partial charge in [0.2, 0.25) is 5.91 Å². The molecule has 1 aliphatic heterocycles. The largest absolute Gasteiger partial charge is 0.340 e. The molecule has 0 radical (unpaired) electrons. The van der Waals surface area contributed by atoms with Crippen LogP contribution in [0.3, 0.4) is 0 Å². The van der Waals surface area contributed by atoms with Crippen LogP contribution in [0.25, 0.3) is 10.9 Å². The number of nitrogens with zero attached hydrogens (tertiary/aromatic N) is 3. The first-order chi connectivity index (χ1) is 11.5. The fourth-order valence-electron chi connectivity index (χ4n) is 3.31. The van der Waals surface area contributed by atoms with Crippen LogP contribution in [0.2, 0.25) is 0 Å². The van der Waals surface area contributed by atoms with Gasteiger partial charge < -0.3 is 10.6 Å². The van der Waals surface area contributed by atoms with Crippen molar-refractivity contribution in [2.24, 2.45) is 11.7 Å². The van der Waals surface area contributed by atoms with E-state index in [0.29, 0.717) is 42.9 Å². The summed E-state index contributed by atoms with van der Waals surface area (Å²) in [6.07, 6.45) is 2.76. The summed E-state index contributed by atoms with van der Waals surface area (Å²) < 4.78 is 2.34. The van der Waals surface area contributed by atoms with Crippen LogP contribution in [-0.2, 0) is 11.3 Å². The first-order valence-corrected chi connectivity index (χ1v) is 8.93. The third-order valence-electron chi connectivity index (χ3n) is 4.67. The van der Waals surface area contributed by atoms with E-state index in [2.05, 4.69) is 27.8 Å². The number of fused-ring (bicyclic) bond motifs is 1. The lowest BCUT2D eigenvalue weighted by molar-refractivity contribution is -0.132. The number of aryl methyl sites for hydroxylation is 1. The summed E-state index contributed by atoms with van der Waals surface area (Å²) in [7, 11) is 0. The Labute approximate surface area is 160 Å². The van der Waals surface area contributed by atoms with Gasteiger partial charge in [-0.05, 0) is 44.0 Å². The fourth-order valence-corrected chi connectivity index (χ4v) is 3.67. The van der Waals surface area contributed by atoms with Gasteiger partial charge in [0.05, 0.1) is 17.2 Å². The third-order valence-corrected chi connectivity index (χ3v) is 5.16. The van der Waals surface area contributed by atoms with Crippen molar-refractivity contribution in [1.82, 2.24) is 14.5 Å². The lowest BCUT2D eigenvalue weighted by Crippen LogP contribution is -2.35. The summed E-state index contributed by atoms with van der Waals surface area (Å²) in [5.74, 6) is 0.450. The molecule has 1 aliphatic rings. The number of likely N-dealkylation sites (tertiary alicyclic amines) is 1. The highest BCUT2D eigenvalue weighted by Gasteiger charge is 2.31. The van der Waals surface area contributed by atoms with Gasteiger partial charge in [-0.3, -0.25) is 14.2 Å². The van der Waals surface area contributed by atoms with Crippen molar-refractivity contribution in [3.8, 4) is 0 Å². The maximum atomic E-state index is 12.5. The van der Waals surface area contributed by atoms with Crippen LogP contribution in [0, 0.1) is 5.92 Å². The lowest BCUT2D eigenvalue weighted by Gasteiger charge is -2.21. The van der Waals surface area contributed by atoms with E-state index in [4.69, 9.17) is 5.73 Å². The topological polar surface area (TPSA) is 81.2 Å². The molecule has 2 atom stereocenters. The highest BCUT2D eigenvalue weighted by Crippen LogP contribution is 2.22. The monoisotopic (exact) mass is 428 g/mol. The molecule has 0 saturated carbocycles. The standard InChI is InChI=1S/C17H21BrN4O2.ClH/c1-11-6-12(8-19)9-22(11)16(23)4-5-21-10-20-15-3-2-13(18)7-14(15)17(21)24;/h2-3,7,10-12H,4-6,8-9,19H2,1H3;1H. The minimum Gasteiger partial charge on any atom is -0.340 e. The van der Waals surface area contributed by atoms with Crippen LogP contribution in [0.5, 0.6) is 0 Å². The highest BCUT2D eigenvalue weighted by molar-refractivity contribution is 9.10. The predicted octanol–water partition coefficient (Wildman–Crippen LogP) is 2.17. The number of carbonyl (C=O) groups is 1. The van der Waals surface area contributed by atoms with Crippen LogP contribution in [0.4, 0.5) is 0 Å². The number of hydrogen-bond donors (Lipinski definition) is 1. The number of halogens is 2. The van der Waals surface area contributed by atoms with Crippen molar-refractivity contribution >= 4 is 45.1 Å². The van der Waals surface area contributed by atoms with Crippen LogP contribution in [0.1, 0.15) is 19.8 Å². The second-order valence-electron chi connectivity index (χ2n) is 6.39. The van der Waals surface area contributed by atoms with E-state index in [1.807, 2.05) is 11.0 Å². The van der Waals surface area contributed by atoms with Crippen LogP contribution in [0.15, 0.2) is 33.8 Å². The summed E-state index contributed by atoms with van der Waals surface area (Å²) in [6, 6.07) is 5.63. The zero-order valence-corrected chi connectivity index (χ0v) is 16.4. The predicted molar refractivity (Wildman–Crippen MR) is 104 cm³/mol. The maximum Gasteiger partial charge on any atom is 0.261 e. The molecular formula is C17H22BrClN4O2. The van der Waals surface area contributed by atoms with E-state index in [0.717, 1.165) is 10.9 Å². The summed E-state index contributed by atoms with van der Waals surface area (Å²) in [6.45, 7) is 3.71. The average Bonchev–Trinajstić information content (AvgIpc) is 2.95. The van der Waals surface area contributed by atoms with Gasteiger partial charge in [-0.25, -0.2) is 4.98 Å². The van der Waals surface area contributed by atoms with Crippen molar-refractivity contribution in [2.75, 3.05) is 13.1 Å². The van der Waals surface area contributed by atoms with Crippen molar-refractivity contribution in [2.45, 2.75) is 32.4 Å². The number of hydrogen-bond acceptors (Lipinski definition) is 4. The van der Waals surface area contributed by atoms with E-state index >= 15 is 0 Å². The van der Waals surface area contributed by atoms with Gasteiger partial charge in [0.25, 0.3) is 5.56 Å². The number of carbonyl (C=O) groups excluding carboxylic acids is 1. The molecule has 2 unspecified atom stereocenters. The third kappa shape index (κ3) is 4.22.